The number of piperazine rings is 1. The fourth-order valence-electron chi connectivity index (χ4n) is 3.34. The van der Waals surface area contributed by atoms with E-state index in [-0.39, 0.29) is 5.54 Å². The van der Waals surface area contributed by atoms with Gasteiger partial charge >= 0.3 is 0 Å². The predicted molar refractivity (Wildman–Crippen MR) is 85.7 cm³/mol. The Hall–Kier alpha value is -0.900. The molecule has 0 saturated carbocycles. The van der Waals surface area contributed by atoms with Crippen molar-refractivity contribution in [1.82, 2.24) is 9.80 Å². The van der Waals surface area contributed by atoms with Crippen LogP contribution in [0.3, 0.4) is 0 Å². The molecule has 1 aliphatic rings. The SMILES string of the molecule is CCC(CC)(CN)N1CCN(Cc2ccccc2)CC1. The fraction of sp³-hybridized carbons (Fsp3) is 0.647. The van der Waals surface area contributed by atoms with Crippen molar-refractivity contribution >= 4 is 0 Å². The van der Waals surface area contributed by atoms with Gasteiger partial charge in [0.05, 0.1) is 0 Å². The third kappa shape index (κ3) is 3.40. The molecule has 3 nitrogen and oxygen atoms in total. The second-order valence-electron chi connectivity index (χ2n) is 5.88. The van der Waals surface area contributed by atoms with E-state index in [2.05, 4.69) is 54.0 Å². The largest absolute Gasteiger partial charge is 0.329 e. The van der Waals surface area contributed by atoms with Gasteiger partial charge in [-0.15, -0.1) is 0 Å². The molecule has 3 heteroatoms. The Bertz CT molecular complexity index is 370. The van der Waals surface area contributed by atoms with Crippen LogP contribution in [0.1, 0.15) is 32.3 Å². The highest BCUT2D eigenvalue weighted by Crippen LogP contribution is 2.24. The van der Waals surface area contributed by atoms with E-state index >= 15 is 0 Å². The van der Waals surface area contributed by atoms with Crippen LogP contribution in [0.25, 0.3) is 0 Å². The van der Waals surface area contributed by atoms with Gasteiger partial charge in [0.1, 0.15) is 0 Å². The Morgan fingerprint density at radius 2 is 1.60 bits per heavy atom. The van der Waals surface area contributed by atoms with E-state index in [1.165, 1.54) is 5.56 Å². The van der Waals surface area contributed by atoms with Gasteiger partial charge in [0.2, 0.25) is 0 Å². The zero-order valence-electron chi connectivity index (χ0n) is 13.0. The first-order valence-electron chi connectivity index (χ1n) is 7.95. The molecule has 1 aliphatic heterocycles. The van der Waals surface area contributed by atoms with Gasteiger partial charge in [0, 0.05) is 44.8 Å². The van der Waals surface area contributed by atoms with Crippen LogP contribution in [0.5, 0.6) is 0 Å². The van der Waals surface area contributed by atoms with E-state index in [1.807, 2.05) is 0 Å². The van der Waals surface area contributed by atoms with E-state index in [9.17, 15) is 0 Å². The monoisotopic (exact) mass is 275 g/mol. The van der Waals surface area contributed by atoms with E-state index in [4.69, 9.17) is 5.73 Å². The number of rotatable bonds is 6. The smallest absolute Gasteiger partial charge is 0.0327 e. The van der Waals surface area contributed by atoms with Gasteiger partial charge in [-0.05, 0) is 18.4 Å². The van der Waals surface area contributed by atoms with Crippen molar-refractivity contribution < 1.29 is 0 Å². The standard InChI is InChI=1S/C17H29N3/c1-3-17(4-2,15-18)20-12-10-19(11-13-20)14-16-8-6-5-7-9-16/h5-9H,3-4,10-15,18H2,1-2H3. The highest BCUT2D eigenvalue weighted by atomic mass is 15.3. The average molecular weight is 275 g/mol. The van der Waals surface area contributed by atoms with Gasteiger partial charge in [-0.2, -0.15) is 0 Å². The lowest BCUT2D eigenvalue weighted by Gasteiger charge is -2.47. The molecule has 2 rings (SSSR count). The summed E-state index contributed by atoms with van der Waals surface area (Å²) in [6.07, 6.45) is 2.30. The summed E-state index contributed by atoms with van der Waals surface area (Å²) in [4.78, 5) is 5.17. The number of hydrogen-bond donors (Lipinski definition) is 1. The van der Waals surface area contributed by atoms with Crippen molar-refractivity contribution in [3.63, 3.8) is 0 Å². The molecule has 0 aromatic heterocycles. The maximum Gasteiger partial charge on any atom is 0.0327 e. The highest BCUT2D eigenvalue weighted by molar-refractivity contribution is 5.14. The number of benzene rings is 1. The van der Waals surface area contributed by atoms with Gasteiger partial charge in [-0.3, -0.25) is 9.80 Å². The molecular formula is C17H29N3. The second-order valence-corrected chi connectivity index (χ2v) is 5.88. The predicted octanol–water partition coefficient (Wildman–Crippen LogP) is 2.32. The molecule has 2 N–H and O–H groups in total. The lowest BCUT2D eigenvalue weighted by Crippen LogP contribution is -2.59. The second kappa shape index (κ2) is 7.21. The normalized spacial score (nSPS) is 18.4. The molecule has 0 aliphatic carbocycles. The molecule has 0 atom stereocenters. The number of hydrogen-bond acceptors (Lipinski definition) is 3. The molecule has 0 radical (unpaired) electrons. The van der Waals surface area contributed by atoms with Gasteiger partial charge in [-0.25, -0.2) is 0 Å². The zero-order chi connectivity index (χ0) is 14.4. The summed E-state index contributed by atoms with van der Waals surface area (Å²) in [7, 11) is 0. The molecule has 0 spiro atoms. The van der Waals surface area contributed by atoms with Crippen LogP contribution in [0, 0.1) is 0 Å². The van der Waals surface area contributed by atoms with Crippen LogP contribution in [-0.4, -0.2) is 48.1 Å². The highest BCUT2D eigenvalue weighted by Gasteiger charge is 2.33. The Morgan fingerprint density at radius 1 is 1.00 bits per heavy atom. The third-order valence-corrected chi connectivity index (χ3v) is 4.99. The number of nitrogens with zero attached hydrogens (tertiary/aromatic N) is 2. The van der Waals surface area contributed by atoms with E-state index in [0.29, 0.717) is 0 Å². The molecule has 1 fully saturated rings. The van der Waals surface area contributed by atoms with Gasteiger partial charge in [0.25, 0.3) is 0 Å². The minimum absolute atomic E-state index is 0.221. The van der Waals surface area contributed by atoms with Gasteiger partial charge in [-0.1, -0.05) is 44.2 Å². The molecule has 20 heavy (non-hydrogen) atoms. The summed E-state index contributed by atoms with van der Waals surface area (Å²) >= 11 is 0. The first-order valence-corrected chi connectivity index (χ1v) is 7.95. The average Bonchev–Trinajstić information content (AvgIpc) is 2.52. The molecule has 0 unspecified atom stereocenters. The molecule has 1 aromatic rings. The number of nitrogens with two attached hydrogens (primary N) is 1. The molecule has 1 saturated heterocycles. The topological polar surface area (TPSA) is 32.5 Å². The Balaban J connectivity index is 1.89. The molecule has 1 aromatic carbocycles. The van der Waals surface area contributed by atoms with Crippen molar-refractivity contribution in [1.29, 1.82) is 0 Å². The summed E-state index contributed by atoms with van der Waals surface area (Å²) in [6.45, 7) is 11.0. The quantitative estimate of drug-likeness (QED) is 0.865. The molecule has 0 amide bonds. The van der Waals surface area contributed by atoms with Crippen LogP contribution >= 0.6 is 0 Å². The minimum atomic E-state index is 0.221. The Labute approximate surface area is 123 Å². The van der Waals surface area contributed by atoms with E-state index < -0.39 is 0 Å². The summed E-state index contributed by atoms with van der Waals surface area (Å²) in [6, 6.07) is 10.8. The van der Waals surface area contributed by atoms with Crippen molar-refractivity contribution in [2.45, 2.75) is 38.8 Å². The van der Waals surface area contributed by atoms with Gasteiger partial charge < -0.3 is 5.73 Å². The summed E-state index contributed by atoms with van der Waals surface area (Å²) in [5, 5.41) is 0. The van der Waals surface area contributed by atoms with Gasteiger partial charge in [0.15, 0.2) is 0 Å². The van der Waals surface area contributed by atoms with Crippen molar-refractivity contribution in [3.05, 3.63) is 35.9 Å². The van der Waals surface area contributed by atoms with Crippen LogP contribution in [0.2, 0.25) is 0 Å². The summed E-state index contributed by atoms with van der Waals surface area (Å²) in [5.74, 6) is 0. The zero-order valence-corrected chi connectivity index (χ0v) is 13.0. The molecule has 112 valence electrons. The van der Waals surface area contributed by atoms with Crippen LogP contribution in [0.15, 0.2) is 30.3 Å². The molecule has 1 heterocycles. The maximum absolute atomic E-state index is 6.06. The lowest BCUT2D eigenvalue weighted by atomic mass is 9.90. The fourth-order valence-corrected chi connectivity index (χ4v) is 3.34. The van der Waals surface area contributed by atoms with Crippen molar-refractivity contribution in [2.75, 3.05) is 32.7 Å². The van der Waals surface area contributed by atoms with Crippen molar-refractivity contribution in [3.8, 4) is 0 Å². The van der Waals surface area contributed by atoms with E-state index in [0.717, 1.165) is 52.1 Å². The minimum Gasteiger partial charge on any atom is -0.329 e. The summed E-state index contributed by atoms with van der Waals surface area (Å²) in [5.41, 5.74) is 7.70. The van der Waals surface area contributed by atoms with Crippen molar-refractivity contribution in [2.24, 2.45) is 5.73 Å². The lowest BCUT2D eigenvalue weighted by molar-refractivity contribution is 0.0283. The van der Waals surface area contributed by atoms with Crippen LogP contribution in [0.4, 0.5) is 0 Å². The van der Waals surface area contributed by atoms with Crippen LogP contribution < -0.4 is 5.73 Å². The van der Waals surface area contributed by atoms with E-state index in [1.54, 1.807) is 0 Å². The summed E-state index contributed by atoms with van der Waals surface area (Å²) < 4.78 is 0. The third-order valence-electron chi connectivity index (χ3n) is 4.99. The van der Waals surface area contributed by atoms with Crippen LogP contribution in [-0.2, 0) is 6.54 Å². The first-order chi connectivity index (χ1) is 9.74. The maximum atomic E-state index is 6.06. The molecule has 0 bridgehead atoms. The Morgan fingerprint density at radius 3 is 2.10 bits per heavy atom. The first kappa shape index (κ1) is 15.5. The Kier molecular flexibility index (Phi) is 5.58. The molecular weight excluding hydrogens is 246 g/mol.